The molecule has 6 nitrogen and oxygen atoms in total. The Bertz CT molecular complexity index is 911. The van der Waals surface area contributed by atoms with Crippen LogP contribution >= 0.6 is 27.3 Å². The van der Waals surface area contributed by atoms with Gasteiger partial charge in [-0.3, -0.25) is 0 Å². The van der Waals surface area contributed by atoms with Crippen molar-refractivity contribution >= 4 is 43.7 Å². The first-order valence-electron chi connectivity index (χ1n) is 10.3. The summed E-state index contributed by atoms with van der Waals surface area (Å²) in [5.41, 5.74) is 1.41. The number of aromatic nitrogens is 2. The quantitative estimate of drug-likeness (QED) is 0.509. The van der Waals surface area contributed by atoms with Gasteiger partial charge in [-0.05, 0) is 55.5 Å². The average molecular weight is 485 g/mol. The van der Waals surface area contributed by atoms with Gasteiger partial charge in [0.25, 0.3) is 0 Å². The fourth-order valence-electron chi connectivity index (χ4n) is 4.21. The van der Waals surface area contributed by atoms with Crippen molar-refractivity contribution in [2.45, 2.75) is 83.5 Å². The second kappa shape index (κ2) is 7.62. The highest BCUT2D eigenvalue weighted by Crippen LogP contribution is 2.46. The number of fused-ring (bicyclic) bond motifs is 1. The SMILES string of the molecule is CC(C)c1c(Br)n(C(=O)OC(C)(C)C)c2sc(C3CCC4(CC3)OCCO4)nc12. The van der Waals surface area contributed by atoms with Gasteiger partial charge in [-0.1, -0.05) is 25.2 Å². The number of carbonyl (C=O) groups excluding carboxylic acids is 1. The van der Waals surface area contributed by atoms with Crippen LogP contribution in [0, 0.1) is 0 Å². The Morgan fingerprint density at radius 2 is 1.90 bits per heavy atom. The van der Waals surface area contributed by atoms with Gasteiger partial charge in [-0.2, -0.15) is 0 Å². The molecule has 2 aliphatic rings. The molecule has 2 aromatic heterocycles. The van der Waals surface area contributed by atoms with E-state index in [-0.39, 0.29) is 17.8 Å². The van der Waals surface area contributed by atoms with E-state index >= 15 is 0 Å². The minimum atomic E-state index is -0.558. The molecule has 160 valence electrons. The molecule has 1 saturated heterocycles. The third kappa shape index (κ3) is 4.01. The number of rotatable bonds is 2. The van der Waals surface area contributed by atoms with Gasteiger partial charge in [0.2, 0.25) is 0 Å². The molecule has 0 bridgehead atoms. The molecule has 29 heavy (non-hydrogen) atoms. The van der Waals surface area contributed by atoms with Crippen LogP contribution in [0.4, 0.5) is 4.79 Å². The van der Waals surface area contributed by atoms with Crippen LogP contribution in [0.3, 0.4) is 0 Å². The lowest BCUT2D eigenvalue weighted by Crippen LogP contribution is -2.34. The number of halogens is 1. The van der Waals surface area contributed by atoms with Gasteiger partial charge < -0.3 is 14.2 Å². The van der Waals surface area contributed by atoms with Gasteiger partial charge in [-0.25, -0.2) is 14.3 Å². The largest absolute Gasteiger partial charge is 0.443 e. The molecule has 0 amide bonds. The monoisotopic (exact) mass is 484 g/mol. The number of thiazole rings is 1. The average Bonchev–Trinajstić information content (AvgIpc) is 3.28. The highest BCUT2D eigenvalue weighted by Gasteiger charge is 2.41. The second-order valence-corrected chi connectivity index (χ2v) is 11.0. The Kier molecular flexibility index (Phi) is 5.59. The van der Waals surface area contributed by atoms with E-state index in [4.69, 9.17) is 19.2 Å². The Morgan fingerprint density at radius 3 is 2.45 bits per heavy atom. The first-order chi connectivity index (χ1) is 13.6. The lowest BCUT2D eigenvalue weighted by Gasteiger charge is -2.34. The zero-order valence-electron chi connectivity index (χ0n) is 17.7. The van der Waals surface area contributed by atoms with Crippen LogP contribution in [0.15, 0.2) is 4.60 Å². The van der Waals surface area contributed by atoms with Gasteiger partial charge in [0.15, 0.2) is 5.79 Å². The molecular weight excluding hydrogens is 456 g/mol. The van der Waals surface area contributed by atoms with E-state index in [0.717, 1.165) is 51.2 Å². The molecule has 0 atom stereocenters. The van der Waals surface area contributed by atoms with Crippen molar-refractivity contribution in [1.82, 2.24) is 9.55 Å². The van der Waals surface area contributed by atoms with Gasteiger partial charge >= 0.3 is 6.09 Å². The Hall–Kier alpha value is -0.960. The van der Waals surface area contributed by atoms with Gasteiger partial charge in [0.05, 0.1) is 18.2 Å². The molecule has 0 unspecified atom stereocenters. The second-order valence-electron chi connectivity index (χ2n) is 9.26. The maximum absolute atomic E-state index is 12.9. The summed E-state index contributed by atoms with van der Waals surface area (Å²) in [5.74, 6) is 0.238. The number of hydrogen-bond acceptors (Lipinski definition) is 6. The fraction of sp³-hybridized carbons (Fsp3) is 0.714. The molecule has 1 aliphatic heterocycles. The van der Waals surface area contributed by atoms with E-state index in [2.05, 4.69) is 29.8 Å². The van der Waals surface area contributed by atoms with E-state index < -0.39 is 5.60 Å². The van der Waals surface area contributed by atoms with E-state index in [0.29, 0.717) is 19.1 Å². The predicted octanol–water partition coefficient (Wildman–Crippen LogP) is 6.17. The maximum Gasteiger partial charge on any atom is 0.420 e. The van der Waals surface area contributed by atoms with Crippen molar-refractivity contribution in [3.05, 3.63) is 15.2 Å². The number of hydrogen-bond donors (Lipinski definition) is 0. The molecule has 0 radical (unpaired) electrons. The molecule has 2 fully saturated rings. The van der Waals surface area contributed by atoms with Crippen molar-refractivity contribution in [3.8, 4) is 0 Å². The Balaban J connectivity index is 1.68. The molecule has 1 aliphatic carbocycles. The van der Waals surface area contributed by atoms with Crippen molar-refractivity contribution in [1.29, 1.82) is 0 Å². The fourth-order valence-corrected chi connectivity index (χ4v) is 6.54. The first-order valence-corrected chi connectivity index (χ1v) is 11.9. The molecular formula is C21H29BrN2O4S. The van der Waals surface area contributed by atoms with Crippen LogP contribution < -0.4 is 0 Å². The van der Waals surface area contributed by atoms with Gasteiger partial charge in [0, 0.05) is 24.3 Å². The van der Waals surface area contributed by atoms with E-state index in [1.54, 1.807) is 15.9 Å². The van der Waals surface area contributed by atoms with E-state index in [9.17, 15) is 4.79 Å². The standard InChI is InChI=1S/C21H29BrN2O4S/c1-12(2)14-15-18(24(16(14)22)19(25)28-20(3,4)5)29-17(23-15)13-6-8-21(9-7-13)26-10-11-27-21/h12-13H,6-11H2,1-5H3. The Morgan fingerprint density at radius 1 is 1.28 bits per heavy atom. The number of nitrogens with zero attached hydrogens (tertiary/aromatic N) is 2. The smallest absolute Gasteiger partial charge is 0.420 e. The van der Waals surface area contributed by atoms with Crippen molar-refractivity contribution in [2.24, 2.45) is 0 Å². The summed E-state index contributed by atoms with van der Waals surface area (Å²) >= 11 is 5.25. The van der Waals surface area contributed by atoms with Crippen LogP contribution in [0.25, 0.3) is 10.3 Å². The molecule has 8 heteroatoms. The zero-order valence-corrected chi connectivity index (χ0v) is 20.1. The van der Waals surface area contributed by atoms with Crippen molar-refractivity contribution < 1.29 is 19.0 Å². The summed E-state index contributed by atoms with van der Waals surface area (Å²) in [6, 6.07) is 0. The molecule has 4 rings (SSSR count). The first kappa shape index (κ1) is 21.3. The molecule has 0 aromatic carbocycles. The topological polar surface area (TPSA) is 62.6 Å². The minimum Gasteiger partial charge on any atom is -0.443 e. The summed E-state index contributed by atoms with van der Waals surface area (Å²) in [7, 11) is 0. The maximum atomic E-state index is 12.9. The molecule has 1 saturated carbocycles. The summed E-state index contributed by atoms with van der Waals surface area (Å²) in [6.45, 7) is 11.3. The predicted molar refractivity (Wildman–Crippen MR) is 117 cm³/mol. The summed E-state index contributed by atoms with van der Waals surface area (Å²) in [4.78, 5) is 18.8. The molecule has 1 spiro atoms. The van der Waals surface area contributed by atoms with Crippen LogP contribution in [-0.4, -0.2) is 40.2 Å². The van der Waals surface area contributed by atoms with E-state index in [1.807, 2.05) is 20.8 Å². The number of ether oxygens (including phenoxy) is 3. The van der Waals surface area contributed by atoms with Crippen LogP contribution in [0.1, 0.15) is 82.7 Å². The zero-order chi connectivity index (χ0) is 21.0. The summed E-state index contributed by atoms with van der Waals surface area (Å²) in [6.07, 6.45) is 3.40. The highest BCUT2D eigenvalue weighted by atomic mass is 79.9. The van der Waals surface area contributed by atoms with Crippen LogP contribution in [-0.2, 0) is 14.2 Å². The third-order valence-electron chi connectivity index (χ3n) is 5.57. The molecule has 2 aromatic rings. The van der Waals surface area contributed by atoms with Crippen molar-refractivity contribution in [2.75, 3.05) is 13.2 Å². The lowest BCUT2D eigenvalue weighted by atomic mass is 9.85. The van der Waals surface area contributed by atoms with Gasteiger partial charge in [0.1, 0.15) is 20.6 Å². The summed E-state index contributed by atoms with van der Waals surface area (Å²) < 4.78 is 19.8. The molecule has 3 heterocycles. The third-order valence-corrected chi connectivity index (χ3v) is 7.55. The lowest BCUT2D eigenvalue weighted by molar-refractivity contribution is -0.178. The van der Waals surface area contributed by atoms with Crippen LogP contribution in [0.5, 0.6) is 0 Å². The van der Waals surface area contributed by atoms with Gasteiger partial charge in [-0.15, -0.1) is 0 Å². The normalized spacial score (nSPS) is 20.2. The van der Waals surface area contributed by atoms with Crippen molar-refractivity contribution in [3.63, 3.8) is 0 Å². The van der Waals surface area contributed by atoms with E-state index in [1.165, 1.54) is 0 Å². The minimum absolute atomic E-state index is 0.237. The summed E-state index contributed by atoms with van der Waals surface area (Å²) in [5, 5.41) is 1.09. The number of carbonyl (C=O) groups is 1. The molecule has 0 N–H and O–H groups in total. The Labute approximate surface area is 184 Å². The van der Waals surface area contributed by atoms with Crippen LogP contribution in [0.2, 0.25) is 0 Å². The highest BCUT2D eigenvalue weighted by molar-refractivity contribution is 9.10.